The van der Waals surface area contributed by atoms with E-state index in [0.29, 0.717) is 23.7 Å². The summed E-state index contributed by atoms with van der Waals surface area (Å²) < 4.78 is 9.42. The summed E-state index contributed by atoms with van der Waals surface area (Å²) in [6.07, 6.45) is 0. The number of ether oxygens (including phenoxy) is 1. The van der Waals surface area contributed by atoms with Crippen LogP contribution >= 0.6 is 0 Å². The SMILES string of the molecule is COc1ccc(/C(C)=N\Nc2nc3c(c(=O)n(C)c(=O)n3C)n2Cc2ccc(C)cc2)cc1. The molecule has 33 heavy (non-hydrogen) atoms. The number of hydrogen-bond acceptors (Lipinski definition) is 6. The van der Waals surface area contributed by atoms with Crippen LogP contribution in [0.2, 0.25) is 0 Å². The Bertz CT molecular complexity index is 1460. The molecule has 4 rings (SSSR count). The summed E-state index contributed by atoms with van der Waals surface area (Å²) in [4.78, 5) is 30.0. The van der Waals surface area contributed by atoms with E-state index < -0.39 is 11.2 Å². The van der Waals surface area contributed by atoms with Crippen molar-refractivity contribution < 1.29 is 4.74 Å². The molecule has 9 heteroatoms. The summed E-state index contributed by atoms with van der Waals surface area (Å²) in [6, 6.07) is 15.6. The summed E-state index contributed by atoms with van der Waals surface area (Å²) in [7, 11) is 4.68. The average Bonchev–Trinajstić information content (AvgIpc) is 3.19. The molecule has 0 bridgehead atoms. The van der Waals surface area contributed by atoms with Crippen molar-refractivity contribution in [3.8, 4) is 5.75 Å². The standard InChI is InChI=1S/C24H26N6O3/c1-15-6-8-17(9-7-15)14-30-20-21(28(3)24(32)29(4)22(20)31)25-23(30)27-26-16(2)18-10-12-19(33-5)13-11-18/h6-13H,14H2,1-5H3,(H,25,27)/b26-16-. The lowest BCUT2D eigenvalue weighted by Crippen LogP contribution is -2.37. The lowest BCUT2D eigenvalue weighted by atomic mass is 10.1. The van der Waals surface area contributed by atoms with E-state index in [-0.39, 0.29) is 0 Å². The summed E-state index contributed by atoms with van der Waals surface area (Å²) in [5.41, 5.74) is 6.57. The zero-order valence-electron chi connectivity index (χ0n) is 19.3. The van der Waals surface area contributed by atoms with Crippen LogP contribution < -0.4 is 21.4 Å². The first kappa shape index (κ1) is 22.1. The minimum absolute atomic E-state index is 0.301. The molecule has 2 aromatic heterocycles. The van der Waals surface area contributed by atoms with Crippen LogP contribution in [0.15, 0.2) is 63.2 Å². The number of nitrogens with zero attached hydrogens (tertiary/aromatic N) is 5. The normalized spacial score (nSPS) is 11.7. The highest BCUT2D eigenvalue weighted by molar-refractivity contribution is 5.99. The minimum Gasteiger partial charge on any atom is -0.497 e. The van der Waals surface area contributed by atoms with E-state index in [4.69, 9.17) is 4.74 Å². The number of benzene rings is 2. The Hall–Kier alpha value is -4.14. The molecule has 0 spiro atoms. The van der Waals surface area contributed by atoms with Gasteiger partial charge in [-0.3, -0.25) is 18.5 Å². The van der Waals surface area contributed by atoms with Crippen molar-refractivity contribution in [2.45, 2.75) is 20.4 Å². The molecule has 9 nitrogen and oxygen atoms in total. The molecule has 1 N–H and O–H groups in total. The molecule has 0 saturated heterocycles. The van der Waals surface area contributed by atoms with Crippen molar-refractivity contribution >= 4 is 22.8 Å². The van der Waals surface area contributed by atoms with Gasteiger partial charge < -0.3 is 4.74 Å². The van der Waals surface area contributed by atoms with Gasteiger partial charge in [-0.15, -0.1) is 0 Å². The second-order valence-electron chi connectivity index (χ2n) is 7.92. The van der Waals surface area contributed by atoms with Gasteiger partial charge in [-0.1, -0.05) is 29.8 Å². The number of aryl methyl sites for hydroxylation is 2. The van der Waals surface area contributed by atoms with E-state index in [9.17, 15) is 9.59 Å². The van der Waals surface area contributed by atoms with Crippen LogP contribution in [0, 0.1) is 6.92 Å². The molecule has 0 aliphatic carbocycles. The Morgan fingerprint density at radius 1 is 1.03 bits per heavy atom. The zero-order valence-corrected chi connectivity index (χ0v) is 19.3. The van der Waals surface area contributed by atoms with Crippen molar-refractivity contribution in [1.29, 1.82) is 0 Å². The topological polar surface area (TPSA) is 95.4 Å². The maximum atomic E-state index is 13.0. The number of anilines is 1. The summed E-state index contributed by atoms with van der Waals surface area (Å²) in [5.74, 6) is 1.13. The van der Waals surface area contributed by atoms with Gasteiger partial charge in [-0.2, -0.15) is 10.1 Å². The van der Waals surface area contributed by atoms with Gasteiger partial charge in [0.05, 0.1) is 19.4 Å². The number of imidazole rings is 1. The van der Waals surface area contributed by atoms with Crippen molar-refractivity contribution in [3.05, 3.63) is 86.1 Å². The molecule has 0 atom stereocenters. The van der Waals surface area contributed by atoms with Gasteiger partial charge in [0.1, 0.15) is 5.75 Å². The Kier molecular flexibility index (Phi) is 5.87. The predicted octanol–water partition coefficient (Wildman–Crippen LogP) is 2.64. The van der Waals surface area contributed by atoms with Crippen LogP contribution in [-0.2, 0) is 20.6 Å². The van der Waals surface area contributed by atoms with Crippen LogP contribution in [0.1, 0.15) is 23.6 Å². The van der Waals surface area contributed by atoms with Gasteiger partial charge in [0.2, 0.25) is 5.95 Å². The summed E-state index contributed by atoms with van der Waals surface area (Å²) in [5, 5.41) is 4.48. The van der Waals surface area contributed by atoms with Crippen molar-refractivity contribution in [2.24, 2.45) is 19.2 Å². The highest BCUT2D eigenvalue weighted by atomic mass is 16.5. The number of rotatable bonds is 6. The van der Waals surface area contributed by atoms with E-state index >= 15 is 0 Å². The zero-order chi connectivity index (χ0) is 23.7. The second-order valence-corrected chi connectivity index (χ2v) is 7.92. The van der Waals surface area contributed by atoms with Crippen molar-refractivity contribution in [3.63, 3.8) is 0 Å². The van der Waals surface area contributed by atoms with Gasteiger partial charge in [0.25, 0.3) is 5.56 Å². The molecule has 2 aromatic carbocycles. The van der Waals surface area contributed by atoms with Gasteiger partial charge in [0.15, 0.2) is 11.2 Å². The van der Waals surface area contributed by atoms with E-state index in [2.05, 4.69) is 15.5 Å². The third-order valence-corrected chi connectivity index (χ3v) is 5.64. The fourth-order valence-electron chi connectivity index (χ4n) is 3.59. The molecule has 0 radical (unpaired) electrons. The molecule has 2 heterocycles. The van der Waals surface area contributed by atoms with Crippen molar-refractivity contribution in [2.75, 3.05) is 12.5 Å². The number of fused-ring (bicyclic) bond motifs is 1. The lowest BCUT2D eigenvalue weighted by molar-refractivity contribution is 0.415. The molecule has 170 valence electrons. The highest BCUT2D eigenvalue weighted by Gasteiger charge is 2.19. The predicted molar refractivity (Wildman–Crippen MR) is 129 cm³/mol. The van der Waals surface area contributed by atoms with Crippen LogP contribution in [0.25, 0.3) is 11.2 Å². The Morgan fingerprint density at radius 3 is 2.33 bits per heavy atom. The first-order valence-corrected chi connectivity index (χ1v) is 10.5. The fourth-order valence-corrected chi connectivity index (χ4v) is 3.59. The van der Waals surface area contributed by atoms with Gasteiger partial charge >= 0.3 is 5.69 Å². The van der Waals surface area contributed by atoms with Crippen LogP contribution in [0.3, 0.4) is 0 Å². The Balaban J connectivity index is 1.81. The molecule has 0 aliphatic heterocycles. The molecule has 0 aliphatic rings. The van der Waals surface area contributed by atoms with E-state index in [1.54, 1.807) is 18.7 Å². The minimum atomic E-state index is -0.433. The largest absolute Gasteiger partial charge is 0.497 e. The first-order valence-electron chi connectivity index (χ1n) is 10.5. The molecule has 0 fully saturated rings. The molecular weight excluding hydrogens is 420 g/mol. The number of hydrazone groups is 1. The molecule has 0 amide bonds. The second kappa shape index (κ2) is 8.78. The van der Waals surface area contributed by atoms with Crippen molar-refractivity contribution in [1.82, 2.24) is 18.7 Å². The van der Waals surface area contributed by atoms with Gasteiger partial charge in [-0.25, -0.2) is 10.2 Å². The van der Waals surface area contributed by atoms with E-state index in [1.807, 2.05) is 62.4 Å². The third kappa shape index (κ3) is 4.17. The Labute approximate surface area is 190 Å². The maximum Gasteiger partial charge on any atom is 0.332 e. The van der Waals surface area contributed by atoms with Crippen LogP contribution in [-0.4, -0.2) is 31.5 Å². The van der Waals surface area contributed by atoms with Gasteiger partial charge in [0, 0.05) is 14.1 Å². The van der Waals surface area contributed by atoms with E-state index in [0.717, 1.165) is 32.7 Å². The van der Waals surface area contributed by atoms with Crippen LogP contribution in [0.4, 0.5) is 5.95 Å². The molecule has 4 aromatic rings. The number of nitrogens with one attached hydrogen (secondary N) is 1. The quantitative estimate of drug-likeness (QED) is 0.363. The molecule has 0 saturated carbocycles. The molecular formula is C24H26N6O3. The number of methoxy groups -OCH3 is 1. The van der Waals surface area contributed by atoms with Crippen LogP contribution in [0.5, 0.6) is 5.75 Å². The average molecular weight is 447 g/mol. The smallest absolute Gasteiger partial charge is 0.332 e. The fraction of sp³-hybridized carbons (Fsp3) is 0.250. The first-order chi connectivity index (χ1) is 15.8. The third-order valence-electron chi connectivity index (χ3n) is 5.64. The Morgan fingerprint density at radius 2 is 1.70 bits per heavy atom. The monoisotopic (exact) mass is 446 g/mol. The number of aromatic nitrogens is 4. The number of hydrogen-bond donors (Lipinski definition) is 1. The maximum absolute atomic E-state index is 13.0. The van der Waals surface area contributed by atoms with E-state index in [1.165, 1.54) is 11.6 Å². The highest BCUT2D eigenvalue weighted by Crippen LogP contribution is 2.19. The molecule has 0 unspecified atom stereocenters. The lowest BCUT2D eigenvalue weighted by Gasteiger charge is -2.10. The van der Waals surface area contributed by atoms with Gasteiger partial charge in [-0.05, 0) is 49.2 Å². The summed E-state index contributed by atoms with van der Waals surface area (Å²) >= 11 is 0. The summed E-state index contributed by atoms with van der Waals surface area (Å²) in [6.45, 7) is 4.28.